The number of hydrogen-bond acceptors (Lipinski definition) is 1. The molecule has 1 aliphatic carbocycles. The Balaban J connectivity index is 2.31. The summed E-state index contributed by atoms with van der Waals surface area (Å²) in [6, 6.07) is 8.75. The van der Waals surface area contributed by atoms with Crippen LogP contribution in [0.5, 0.6) is 0 Å². The van der Waals surface area contributed by atoms with E-state index in [0.717, 1.165) is 12.5 Å². The molecule has 0 saturated heterocycles. The minimum Gasteiger partial charge on any atom is -0.330 e. The Kier molecular flexibility index (Phi) is 2.36. The van der Waals surface area contributed by atoms with Crippen LogP contribution in [-0.2, 0) is 0 Å². The summed E-state index contributed by atoms with van der Waals surface area (Å²) in [5.74, 6) is 1.35. The van der Waals surface area contributed by atoms with Crippen LogP contribution >= 0.6 is 0 Å². The molecule has 0 heterocycles. The van der Waals surface area contributed by atoms with Crippen LogP contribution in [0.3, 0.4) is 0 Å². The standard InChI is InChI=1S/C12H17N/c1-9(8-13)11-4-2-3-5-12(11)10-6-7-10/h2-5,9-10H,6-8,13H2,1H3. The SMILES string of the molecule is CC(CN)c1ccccc1C1CC1. The van der Waals surface area contributed by atoms with Gasteiger partial charge < -0.3 is 5.73 Å². The molecule has 2 N–H and O–H groups in total. The fourth-order valence-corrected chi connectivity index (χ4v) is 1.85. The zero-order valence-corrected chi connectivity index (χ0v) is 8.16. The molecule has 70 valence electrons. The molecule has 0 bridgehead atoms. The third-order valence-electron chi connectivity index (χ3n) is 2.90. The molecule has 0 radical (unpaired) electrons. The number of rotatable bonds is 3. The van der Waals surface area contributed by atoms with E-state index in [1.165, 1.54) is 18.4 Å². The molecule has 1 aliphatic rings. The molecular formula is C12H17N. The highest BCUT2D eigenvalue weighted by Gasteiger charge is 2.26. The van der Waals surface area contributed by atoms with Crippen molar-refractivity contribution in [2.24, 2.45) is 5.73 Å². The van der Waals surface area contributed by atoms with E-state index in [2.05, 4.69) is 31.2 Å². The molecule has 1 fully saturated rings. The Morgan fingerprint density at radius 2 is 2.08 bits per heavy atom. The summed E-state index contributed by atoms with van der Waals surface area (Å²) < 4.78 is 0. The summed E-state index contributed by atoms with van der Waals surface area (Å²) in [4.78, 5) is 0. The molecule has 0 amide bonds. The fourth-order valence-electron chi connectivity index (χ4n) is 1.85. The zero-order chi connectivity index (χ0) is 9.26. The van der Waals surface area contributed by atoms with Crippen molar-refractivity contribution in [3.8, 4) is 0 Å². The van der Waals surface area contributed by atoms with Crippen molar-refractivity contribution in [3.05, 3.63) is 35.4 Å². The van der Waals surface area contributed by atoms with Crippen molar-refractivity contribution in [1.82, 2.24) is 0 Å². The second kappa shape index (κ2) is 3.51. The molecular weight excluding hydrogens is 158 g/mol. The summed E-state index contributed by atoms with van der Waals surface area (Å²) in [7, 11) is 0. The van der Waals surface area contributed by atoms with Crippen LogP contribution in [0.1, 0.15) is 42.7 Å². The van der Waals surface area contributed by atoms with Gasteiger partial charge in [-0.3, -0.25) is 0 Å². The summed E-state index contributed by atoms with van der Waals surface area (Å²) in [5.41, 5.74) is 8.70. The maximum absolute atomic E-state index is 5.69. The Bertz CT molecular complexity index is 289. The number of benzene rings is 1. The normalized spacial score (nSPS) is 18.6. The highest BCUT2D eigenvalue weighted by atomic mass is 14.5. The Morgan fingerprint density at radius 1 is 1.38 bits per heavy atom. The van der Waals surface area contributed by atoms with Crippen molar-refractivity contribution in [2.75, 3.05) is 6.54 Å². The molecule has 1 atom stereocenters. The van der Waals surface area contributed by atoms with Crippen molar-refractivity contribution in [2.45, 2.75) is 31.6 Å². The maximum atomic E-state index is 5.69. The maximum Gasteiger partial charge on any atom is -0.00108 e. The predicted octanol–water partition coefficient (Wildman–Crippen LogP) is 2.63. The average Bonchev–Trinajstić information content (AvgIpc) is 3.00. The molecule has 2 rings (SSSR count). The first-order chi connectivity index (χ1) is 6.33. The lowest BCUT2D eigenvalue weighted by molar-refractivity contribution is 0.760. The molecule has 1 nitrogen and oxygen atoms in total. The van der Waals surface area contributed by atoms with Crippen LogP contribution in [0.25, 0.3) is 0 Å². The molecule has 0 spiro atoms. The first-order valence-electron chi connectivity index (χ1n) is 5.12. The van der Waals surface area contributed by atoms with E-state index in [1.807, 2.05) is 0 Å². The lowest BCUT2D eigenvalue weighted by atomic mass is 9.93. The van der Waals surface area contributed by atoms with E-state index in [9.17, 15) is 0 Å². The van der Waals surface area contributed by atoms with E-state index in [1.54, 1.807) is 5.56 Å². The van der Waals surface area contributed by atoms with E-state index in [-0.39, 0.29) is 0 Å². The highest BCUT2D eigenvalue weighted by molar-refractivity contribution is 5.35. The molecule has 1 aromatic carbocycles. The topological polar surface area (TPSA) is 26.0 Å². The molecule has 1 saturated carbocycles. The van der Waals surface area contributed by atoms with Gasteiger partial charge in [0, 0.05) is 0 Å². The fraction of sp³-hybridized carbons (Fsp3) is 0.500. The van der Waals surface area contributed by atoms with E-state index < -0.39 is 0 Å². The molecule has 1 unspecified atom stereocenters. The summed E-state index contributed by atoms with van der Waals surface area (Å²) in [6.45, 7) is 2.96. The molecule has 1 aromatic rings. The van der Waals surface area contributed by atoms with Gasteiger partial charge in [-0.1, -0.05) is 31.2 Å². The summed E-state index contributed by atoms with van der Waals surface area (Å²) in [6.07, 6.45) is 2.74. The van der Waals surface area contributed by atoms with Crippen LogP contribution in [0.15, 0.2) is 24.3 Å². The number of hydrogen-bond donors (Lipinski definition) is 1. The van der Waals surface area contributed by atoms with Crippen LogP contribution < -0.4 is 5.73 Å². The molecule has 0 aromatic heterocycles. The third-order valence-corrected chi connectivity index (χ3v) is 2.90. The van der Waals surface area contributed by atoms with Crippen molar-refractivity contribution >= 4 is 0 Å². The lowest BCUT2D eigenvalue weighted by Crippen LogP contribution is -2.10. The highest BCUT2D eigenvalue weighted by Crippen LogP contribution is 2.42. The minimum atomic E-state index is 0.511. The van der Waals surface area contributed by atoms with Gasteiger partial charge in [-0.05, 0) is 42.3 Å². The van der Waals surface area contributed by atoms with Crippen molar-refractivity contribution in [1.29, 1.82) is 0 Å². The Morgan fingerprint density at radius 3 is 2.69 bits per heavy atom. The largest absolute Gasteiger partial charge is 0.330 e. The van der Waals surface area contributed by atoms with Crippen LogP contribution in [0, 0.1) is 0 Å². The second-order valence-corrected chi connectivity index (χ2v) is 4.04. The zero-order valence-electron chi connectivity index (χ0n) is 8.16. The summed E-state index contributed by atoms with van der Waals surface area (Å²) in [5, 5.41) is 0. The van der Waals surface area contributed by atoms with Crippen molar-refractivity contribution < 1.29 is 0 Å². The monoisotopic (exact) mass is 175 g/mol. The third kappa shape index (κ3) is 1.75. The van der Waals surface area contributed by atoms with E-state index in [4.69, 9.17) is 5.73 Å². The van der Waals surface area contributed by atoms with E-state index >= 15 is 0 Å². The Labute approximate surface area is 80.0 Å². The second-order valence-electron chi connectivity index (χ2n) is 4.04. The van der Waals surface area contributed by atoms with Gasteiger partial charge in [0.25, 0.3) is 0 Å². The molecule has 13 heavy (non-hydrogen) atoms. The lowest BCUT2D eigenvalue weighted by Gasteiger charge is -2.13. The molecule has 0 aliphatic heterocycles. The van der Waals surface area contributed by atoms with Crippen LogP contribution in [0.4, 0.5) is 0 Å². The number of nitrogens with two attached hydrogens (primary N) is 1. The smallest absolute Gasteiger partial charge is 0.00108 e. The van der Waals surface area contributed by atoms with Gasteiger partial charge >= 0.3 is 0 Å². The van der Waals surface area contributed by atoms with Gasteiger partial charge in [0.1, 0.15) is 0 Å². The predicted molar refractivity (Wildman–Crippen MR) is 55.9 cm³/mol. The quantitative estimate of drug-likeness (QED) is 0.751. The van der Waals surface area contributed by atoms with Crippen molar-refractivity contribution in [3.63, 3.8) is 0 Å². The van der Waals surface area contributed by atoms with E-state index in [0.29, 0.717) is 5.92 Å². The van der Waals surface area contributed by atoms with Gasteiger partial charge in [-0.2, -0.15) is 0 Å². The van der Waals surface area contributed by atoms with Gasteiger partial charge in [-0.15, -0.1) is 0 Å². The first kappa shape index (κ1) is 8.76. The first-order valence-corrected chi connectivity index (χ1v) is 5.12. The van der Waals surface area contributed by atoms with Crippen LogP contribution in [-0.4, -0.2) is 6.54 Å². The minimum absolute atomic E-state index is 0.511. The summed E-state index contributed by atoms with van der Waals surface area (Å²) >= 11 is 0. The van der Waals surface area contributed by atoms with Gasteiger partial charge in [0.05, 0.1) is 0 Å². The van der Waals surface area contributed by atoms with Gasteiger partial charge in [0.15, 0.2) is 0 Å². The average molecular weight is 175 g/mol. The van der Waals surface area contributed by atoms with Gasteiger partial charge in [0.2, 0.25) is 0 Å². The van der Waals surface area contributed by atoms with Gasteiger partial charge in [-0.25, -0.2) is 0 Å². The molecule has 1 heteroatoms. The Hall–Kier alpha value is -0.820. The van der Waals surface area contributed by atoms with Crippen LogP contribution in [0.2, 0.25) is 0 Å².